The van der Waals surface area contributed by atoms with E-state index in [4.69, 9.17) is 0 Å². The molecule has 2 unspecified atom stereocenters. The van der Waals surface area contributed by atoms with Crippen LogP contribution in [0.25, 0.3) is 0 Å². The fraction of sp³-hybridized carbons (Fsp3) is 0.300. The zero-order chi connectivity index (χ0) is 16.5. The van der Waals surface area contributed by atoms with Crippen molar-refractivity contribution in [3.63, 3.8) is 0 Å². The first-order chi connectivity index (χ1) is 11.7. The highest BCUT2D eigenvalue weighted by Gasteiger charge is 2.41. The van der Waals surface area contributed by atoms with Gasteiger partial charge in [-0.3, -0.25) is 4.98 Å². The van der Waals surface area contributed by atoms with Gasteiger partial charge in [0.25, 0.3) is 0 Å². The zero-order valence-corrected chi connectivity index (χ0v) is 13.3. The van der Waals surface area contributed by atoms with Gasteiger partial charge in [0.2, 0.25) is 0 Å². The van der Waals surface area contributed by atoms with Crippen molar-refractivity contribution in [1.82, 2.24) is 9.88 Å². The van der Waals surface area contributed by atoms with E-state index < -0.39 is 6.09 Å². The van der Waals surface area contributed by atoms with Gasteiger partial charge in [-0.05, 0) is 48.9 Å². The van der Waals surface area contributed by atoms with Gasteiger partial charge >= 0.3 is 6.09 Å². The van der Waals surface area contributed by atoms with Gasteiger partial charge < -0.3 is 10.0 Å². The maximum Gasteiger partial charge on any atom is 0.407 e. The van der Waals surface area contributed by atoms with Crippen LogP contribution in [0.3, 0.4) is 0 Å². The minimum atomic E-state index is -0.837. The number of rotatable bonds is 0. The number of hydrogen-bond acceptors (Lipinski definition) is 2. The largest absolute Gasteiger partial charge is 0.465 e. The third-order valence-corrected chi connectivity index (χ3v) is 4.97. The molecule has 2 atom stereocenters. The average Bonchev–Trinajstić information content (AvgIpc) is 3.05. The van der Waals surface area contributed by atoms with E-state index in [9.17, 15) is 9.90 Å². The van der Waals surface area contributed by atoms with Crippen LogP contribution in [-0.4, -0.2) is 27.6 Å². The Bertz CT molecular complexity index is 836. The first-order valence-electron chi connectivity index (χ1n) is 8.28. The average molecular weight is 318 g/mol. The normalized spacial score (nSPS) is 21.4. The molecule has 1 saturated heterocycles. The maximum atomic E-state index is 11.5. The van der Waals surface area contributed by atoms with E-state index in [1.807, 2.05) is 36.4 Å². The van der Waals surface area contributed by atoms with Crippen molar-refractivity contribution in [2.75, 3.05) is 6.54 Å². The molecular weight excluding hydrogens is 300 g/mol. The molecule has 4 rings (SSSR count). The van der Waals surface area contributed by atoms with Crippen LogP contribution in [0.15, 0.2) is 42.6 Å². The van der Waals surface area contributed by atoms with Crippen LogP contribution in [0, 0.1) is 17.8 Å². The molecule has 1 N–H and O–H groups in total. The minimum absolute atomic E-state index is 0.0581. The van der Waals surface area contributed by atoms with Gasteiger partial charge in [0.15, 0.2) is 0 Å². The minimum Gasteiger partial charge on any atom is -0.465 e. The molecule has 24 heavy (non-hydrogen) atoms. The molecule has 1 aliphatic carbocycles. The number of aryl methyl sites for hydroxylation is 1. The van der Waals surface area contributed by atoms with Crippen LogP contribution in [0.1, 0.15) is 41.3 Å². The summed E-state index contributed by atoms with van der Waals surface area (Å²) in [5.41, 5.74) is 3.87. The summed E-state index contributed by atoms with van der Waals surface area (Å²) in [6.45, 7) is 0.615. The quantitative estimate of drug-likeness (QED) is 0.757. The number of carbonyl (C=O) groups is 1. The molecule has 1 fully saturated rings. The summed E-state index contributed by atoms with van der Waals surface area (Å²) in [7, 11) is 0. The number of fused-ring (bicyclic) bond motifs is 3. The van der Waals surface area contributed by atoms with Gasteiger partial charge in [-0.25, -0.2) is 4.79 Å². The highest BCUT2D eigenvalue weighted by molar-refractivity contribution is 5.66. The lowest BCUT2D eigenvalue weighted by Crippen LogP contribution is -2.33. The number of aromatic nitrogens is 1. The van der Waals surface area contributed by atoms with Crippen molar-refractivity contribution >= 4 is 6.09 Å². The van der Waals surface area contributed by atoms with Crippen molar-refractivity contribution in [3.8, 4) is 11.8 Å². The second kappa shape index (κ2) is 6.01. The molecule has 1 aliphatic heterocycles. The summed E-state index contributed by atoms with van der Waals surface area (Å²) >= 11 is 0. The molecule has 1 aromatic heterocycles. The van der Waals surface area contributed by atoms with Gasteiger partial charge in [0.05, 0.1) is 6.04 Å². The Morgan fingerprint density at radius 1 is 1.17 bits per heavy atom. The first-order valence-corrected chi connectivity index (χ1v) is 8.28. The Hall–Kier alpha value is -2.80. The Morgan fingerprint density at radius 3 is 2.75 bits per heavy atom. The summed E-state index contributed by atoms with van der Waals surface area (Å²) in [5.74, 6) is 6.71. The summed E-state index contributed by atoms with van der Waals surface area (Å²) in [5, 5.41) is 9.48. The number of carboxylic acid groups (broad SMARTS) is 1. The van der Waals surface area contributed by atoms with Crippen molar-refractivity contribution in [1.29, 1.82) is 0 Å². The predicted molar refractivity (Wildman–Crippen MR) is 90.6 cm³/mol. The third kappa shape index (κ3) is 2.63. The lowest BCUT2D eigenvalue weighted by molar-refractivity contribution is 0.131. The molecule has 4 nitrogen and oxygen atoms in total. The fourth-order valence-corrected chi connectivity index (χ4v) is 3.83. The van der Waals surface area contributed by atoms with Crippen LogP contribution in [0.2, 0.25) is 0 Å². The van der Waals surface area contributed by atoms with Crippen molar-refractivity contribution in [2.45, 2.75) is 25.3 Å². The fourth-order valence-electron chi connectivity index (χ4n) is 3.83. The molecule has 1 amide bonds. The third-order valence-electron chi connectivity index (χ3n) is 4.97. The Kier molecular flexibility index (Phi) is 3.70. The van der Waals surface area contributed by atoms with Crippen LogP contribution < -0.4 is 0 Å². The standard InChI is InChI=1S/C20H18N2O2/c23-20(24)22-11-10-16-8-9-18-17(19(16)22)12-15(13-21-18)7-6-14-4-2-1-3-5-14/h1-5,12-13,16,19H,8-11H2,(H,23,24). The van der Waals surface area contributed by atoms with Crippen LogP contribution >= 0.6 is 0 Å². The summed E-state index contributed by atoms with van der Waals surface area (Å²) in [4.78, 5) is 17.7. The monoisotopic (exact) mass is 318 g/mol. The number of hydrogen-bond donors (Lipinski definition) is 1. The molecular formula is C20H18N2O2. The molecule has 1 aromatic carbocycles. The van der Waals surface area contributed by atoms with Crippen LogP contribution in [0.5, 0.6) is 0 Å². The summed E-state index contributed by atoms with van der Waals surface area (Å²) < 4.78 is 0. The maximum absolute atomic E-state index is 11.5. The van der Waals surface area contributed by atoms with Crippen molar-refractivity contribution in [3.05, 3.63) is 65.0 Å². The lowest BCUT2D eigenvalue weighted by Gasteiger charge is -2.31. The SMILES string of the molecule is O=C(O)N1CCC2CCc3ncc(C#Cc4ccccc4)cc3C21. The topological polar surface area (TPSA) is 53.4 Å². The molecule has 120 valence electrons. The number of pyridine rings is 1. The molecule has 2 heterocycles. The number of nitrogens with zero attached hydrogens (tertiary/aromatic N) is 2. The van der Waals surface area contributed by atoms with Gasteiger partial charge in [0, 0.05) is 29.6 Å². The van der Waals surface area contributed by atoms with E-state index in [2.05, 4.69) is 16.8 Å². The molecule has 2 aromatic rings. The van der Waals surface area contributed by atoms with Crippen molar-refractivity contribution in [2.24, 2.45) is 5.92 Å². The van der Waals surface area contributed by atoms with Gasteiger partial charge in [-0.2, -0.15) is 0 Å². The highest BCUT2D eigenvalue weighted by Crippen LogP contribution is 2.44. The second-order valence-corrected chi connectivity index (χ2v) is 6.38. The number of likely N-dealkylation sites (tertiary alicyclic amines) is 1. The van der Waals surface area contributed by atoms with E-state index in [0.717, 1.165) is 41.6 Å². The molecule has 4 heteroatoms. The van der Waals surface area contributed by atoms with E-state index in [1.165, 1.54) is 0 Å². The zero-order valence-electron chi connectivity index (χ0n) is 13.3. The molecule has 0 spiro atoms. The van der Waals surface area contributed by atoms with Crippen LogP contribution in [0.4, 0.5) is 4.79 Å². The molecule has 2 aliphatic rings. The van der Waals surface area contributed by atoms with Gasteiger partial charge in [-0.1, -0.05) is 30.0 Å². The predicted octanol–water partition coefficient (Wildman–Crippen LogP) is 3.47. The first kappa shape index (κ1) is 14.8. The van der Waals surface area contributed by atoms with Gasteiger partial charge in [0.1, 0.15) is 0 Å². The summed E-state index contributed by atoms with van der Waals surface area (Å²) in [6, 6.07) is 11.8. The van der Waals surface area contributed by atoms with E-state index in [1.54, 1.807) is 11.1 Å². The molecule has 0 saturated carbocycles. The number of benzene rings is 1. The van der Waals surface area contributed by atoms with Gasteiger partial charge in [-0.15, -0.1) is 0 Å². The Balaban J connectivity index is 1.69. The van der Waals surface area contributed by atoms with E-state index in [-0.39, 0.29) is 6.04 Å². The Labute approximate surface area is 141 Å². The highest BCUT2D eigenvalue weighted by atomic mass is 16.4. The lowest BCUT2D eigenvalue weighted by atomic mass is 9.82. The molecule has 0 radical (unpaired) electrons. The number of amides is 1. The smallest absolute Gasteiger partial charge is 0.407 e. The Morgan fingerprint density at radius 2 is 1.96 bits per heavy atom. The summed E-state index contributed by atoms with van der Waals surface area (Å²) in [6.07, 6.45) is 3.85. The van der Waals surface area contributed by atoms with Crippen molar-refractivity contribution < 1.29 is 9.90 Å². The van der Waals surface area contributed by atoms with E-state index in [0.29, 0.717) is 12.5 Å². The molecule has 0 bridgehead atoms. The van der Waals surface area contributed by atoms with Crippen LogP contribution in [-0.2, 0) is 6.42 Å². The second-order valence-electron chi connectivity index (χ2n) is 6.38. The van der Waals surface area contributed by atoms with E-state index >= 15 is 0 Å².